The zero-order chi connectivity index (χ0) is 16.5. The Morgan fingerprint density at radius 1 is 1.27 bits per heavy atom. The molecule has 0 aliphatic rings. The third-order valence-corrected chi connectivity index (χ3v) is 3.20. The van der Waals surface area contributed by atoms with Crippen molar-refractivity contribution in [3.63, 3.8) is 0 Å². The average molecular weight is 309 g/mol. The van der Waals surface area contributed by atoms with Gasteiger partial charge in [-0.25, -0.2) is 0 Å². The molecule has 1 aromatic carbocycles. The lowest BCUT2D eigenvalue weighted by molar-refractivity contribution is -0.146. The van der Waals surface area contributed by atoms with Crippen LogP contribution < -0.4 is 4.74 Å². The van der Waals surface area contributed by atoms with E-state index in [1.807, 2.05) is 19.1 Å². The fraction of sp³-hybridized carbons (Fsp3) is 0.500. The maximum atomic E-state index is 12.2. The Labute approximate surface area is 130 Å². The van der Waals surface area contributed by atoms with Gasteiger partial charge >= 0.3 is 5.97 Å². The molecule has 0 fully saturated rings. The maximum absolute atomic E-state index is 12.2. The summed E-state index contributed by atoms with van der Waals surface area (Å²) >= 11 is 0. The molecule has 1 aromatic rings. The van der Waals surface area contributed by atoms with Crippen molar-refractivity contribution in [3.05, 3.63) is 29.8 Å². The van der Waals surface area contributed by atoms with E-state index in [-0.39, 0.29) is 32.2 Å². The van der Waals surface area contributed by atoms with Crippen LogP contribution in [0.2, 0.25) is 0 Å². The van der Waals surface area contributed by atoms with Gasteiger partial charge in [0.1, 0.15) is 5.75 Å². The molecule has 0 radical (unpaired) electrons. The monoisotopic (exact) mass is 309 g/mol. The third kappa shape index (κ3) is 5.73. The molecule has 0 bridgehead atoms. The molecule has 6 heteroatoms. The molecule has 1 atom stereocenters. The standard InChI is InChI=1S/C16H23NO5/c1-12-4-6-14(7-5-12)22-11-15(19)17(8-9-18)10-13(2)16(20)21-3/h4-7,13,18H,8-11H2,1-3H3. The molecule has 1 rings (SSSR count). The van der Waals surface area contributed by atoms with Gasteiger partial charge in [-0.1, -0.05) is 24.6 Å². The lowest BCUT2D eigenvalue weighted by atomic mass is 10.1. The molecule has 1 N–H and O–H groups in total. The first-order valence-electron chi connectivity index (χ1n) is 7.13. The van der Waals surface area contributed by atoms with Crippen LogP contribution in [-0.2, 0) is 14.3 Å². The van der Waals surface area contributed by atoms with Crippen LogP contribution in [0.1, 0.15) is 12.5 Å². The number of esters is 1. The van der Waals surface area contributed by atoms with Crippen molar-refractivity contribution in [1.29, 1.82) is 0 Å². The lowest BCUT2D eigenvalue weighted by Gasteiger charge is -2.24. The predicted octanol–water partition coefficient (Wildman–Crippen LogP) is 1.00. The first-order valence-corrected chi connectivity index (χ1v) is 7.13. The number of aliphatic hydroxyl groups excluding tert-OH is 1. The van der Waals surface area contributed by atoms with Gasteiger partial charge in [0.25, 0.3) is 5.91 Å². The molecule has 0 aliphatic heterocycles. The van der Waals surface area contributed by atoms with E-state index in [0.29, 0.717) is 5.75 Å². The molecular formula is C16H23NO5. The van der Waals surface area contributed by atoms with E-state index in [1.165, 1.54) is 12.0 Å². The van der Waals surface area contributed by atoms with Gasteiger partial charge in [0.2, 0.25) is 0 Å². The molecule has 0 spiro atoms. The molecule has 6 nitrogen and oxygen atoms in total. The van der Waals surface area contributed by atoms with Crippen molar-refractivity contribution in [1.82, 2.24) is 4.90 Å². The second-order valence-corrected chi connectivity index (χ2v) is 5.09. The molecule has 0 saturated carbocycles. The van der Waals surface area contributed by atoms with Crippen molar-refractivity contribution >= 4 is 11.9 Å². The van der Waals surface area contributed by atoms with Crippen molar-refractivity contribution in [3.8, 4) is 5.75 Å². The zero-order valence-electron chi connectivity index (χ0n) is 13.2. The maximum Gasteiger partial charge on any atom is 0.310 e. The first-order chi connectivity index (χ1) is 10.5. The van der Waals surface area contributed by atoms with Crippen LogP contribution in [0.5, 0.6) is 5.75 Å². The molecule has 1 unspecified atom stereocenters. The number of hydrogen-bond acceptors (Lipinski definition) is 5. The molecular weight excluding hydrogens is 286 g/mol. The topological polar surface area (TPSA) is 76.1 Å². The Bertz CT molecular complexity index is 486. The van der Waals surface area contributed by atoms with Gasteiger partial charge < -0.3 is 19.5 Å². The van der Waals surface area contributed by atoms with Gasteiger partial charge in [0.05, 0.1) is 19.6 Å². The smallest absolute Gasteiger partial charge is 0.310 e. The molecule has 0 aromatic heterocycles. The number of benzene rings is 1. The lowest BCUT2D eigenvalue weighted by Crippen LogP contribution is -2.41. The van der Waals surface area contributed by atoms with Crippen molar-refractivity contribution in [2.24, 2.45) is 5.92 Å². The number of aliphatic hydroxyl groups is 1. The fourth-order valence-corrected chi connectivity index (χ4v) is 1.92. The van der Waals surface area contributed by atoms with Crippen LogP contribution in [-0.4, -0.2) is 55.3 Å². The van der Waals surface area contributed by atoms with Gasteiger partial charge in [-0.2, -0.15) is 0 Å². The van der Waals surface area contributed by atoms with Crippen LogP contribution in [0.15, 0.2) is 24.3 Å². The number of carbonyl (C=O) groups excluding carboxylic acids is 2. The summed E-state index contributed by atoms with van der Waals surface area (Å²) in [7, 11) is 1.30. The highest BCUT2D eigenvalue weighted by atomic mass is 16.5. The molecule has 0 saturated heterocycles. The van der Waals surface area contributed by atoms with E-state index in [4.69, 9.17) is 9.84 Å². The number of ether oxygens (including phenoxy) is 2. The number of amides is 1. The van der Waals surface area contributed by atoms with Crippen LogP contribution in [0.4, 0.5) is 0 Å². The van der Waals surface area contributed by atoms with Crippen molar-refractivity contribution in [2.45, 2.75) is 13.8 Å². The highest BCUT2D eigenvalue weighted by molar-refractivity contribution is 5.79. The van der Waals surface area contributed by atoms with E-state index in [0.717, 1.165) is 5.56 Å². The molecule has 0 aliphatic carbocycles. The van der Waals surface area contributed by atoms with Gasteiger partial charge in [-0.3, -0.25) is 9.59 Å². The molecule has 122 valence electrons. The SMILES string of the molecule is COC(=O)C(C)CN(CCO)C(=O)COc1ccc(C)cc1. The number of aryl methyl sites for hydroxylation is 1. The minimum atomic E-state index is -0.458. The van der Waals surface area contributed by atoms with Crippen LogP contribution in [0, 0.1) is 12.8 Å². The second-order valence-electron chi connectivity index (χ2n) is 5.09. The summed E-state index contributed by atoms with van der Waals surface area (Å²) in [5.74, 6) is -0.538. The largest absolute Gasteiger partial charge is 0.484 e. The van der Waals surface area contributed by atoms with E-state index < -0.39 is 11.9 Å². The minimum absolute atomic E-state index is 0.142. The van der Waals surface area contributed by atoms with Crippen LogP contribution >= 0.6 is 0 Å². The first kappa shape index (κ1) is 18.0. The summed E-state index contributed by atoms with van der Waals surface area (Å²) in [5, 5.41) is 9.06. The third-order valence-electron chi connectivity index (χ3n) is 3.20. The Morgan fingerprint density at radius 2 is 1.91 bits per heavy atom. The van der Waals surface area contributed by atoms with Gasteiger partial charge in [-0.15, -0.1) is 0 Å². The summed E-state index contributed by atoms with van der Waals surface area (Å²) in [5.41, 5.74) is 1.10. The zero-order valence-corrected chi connectivity index (χ0v) is 13.2. The second kappa shape index (κ2) is 9.04. The number of methoxy groups -OCH3 is 1. The Hall–Kier alpha value is -2.08. The number of carbonyl (C=O) groups is 2. The number of rotatable bonds is 8. The summed E-state index contributed by atoms with van der Waals surface area (Å²) in [6.07, 6.45) is 0. The predicted molar refractivity (Wildman–Crippen MR) is 81.5 cm³/mol. The summed E-state index contributed by atoms with van der Waals surface area (Å²) in [6.45, 7) is 3.65. The summed E-state index contributed by atoms with van der Waals surface area (Å²) < 4.78 is 10.1. The number of nitrogens with zero attached hydrogens (tertiary/aromatic N) is 1. The van der Waals surface area contributed by atoms with E-state index in [1.54, 1.807) is 19.1 Å². The Morgan fingerprint density at radius 3 is 2.45 bits per heavy atom. The number of hydrogen-bond donors (Lipinski definition) is 1. The van der Waals surface area contributed by atoms with E-state index in [9.17, 15) is 9.59 Å². The molecule has 1 amide bonds. The normalized spacial score (nSPS) is 11.6. The average Bonchev–Trinajstić information content (AvgIpc) is 2.52. The minimum Gasteiger partial charge on any atom is -0.484 e. The Balaban J connectivity index is 2.57. The van der Waals surface area contributed by atoms with Crippen LogP contribution in [0.3, 0.4) is 0 Å². The van der Waals surface area contributed by atoms with E-state index >= 15 is 0 Å². The van der Waals surface area contributed by atoms with Gasteiger partial charge in [0.15, 0.2) is 6.61 Å². The Kier molecular flexibility index (Phi) is 7.39. The van der Waals surface area contributed by atoms with Gasteiger partial charge in [-0.05, 0) is 19.1 Å². The van der Waals surface area contributed by atoms with Crippen molar-refractivity contribution in [2.75, 3.05) is 33.4 Å². The van der Waals surface area contributed by atoms with Crippen molar-refractivity contribution < 1.29 is 24.2 Å². The molecule has 0 heterocycles. The highest BCUT2D eigenvalue weighted by Crippen LogP contribution is 2.11. The fourth-order valence-electron chi connectivity index (χ4n) is 1.92. The van der Waals surface area contributed by atoms with Gasteiger partial charge in [0, 0.05) is 13.1 Å². The van der Waals surface area contributed by atoms with E-state index in [2.05, 4.69) is 4.74 Å². The molecule has 22 heavy (non-hydrogen) atoms. The summed E-state index contributed by atoms with van der Waals surface area (Å²) in [6, 6.07) is 7.36. The highest BCUT2D eigenvalue weighted by Gasteiger charge is 2.21. The van der Waals surface area contributed by atoms with Crippen LogP contribution in [0.25, 0.3) is 0 Å². The quantitative estimate of drug-likeness (QED) is 0.725. The summed E-state index contributed by atoms with van der Waals surface area (Å²) in [4.78, 5) is 25.0.